The van der Waals surface area contributed by atoms with Gasteiger partial charge in [0.2, 0.25) is 5.78 Å². The summed E-state index contributed by atoms with van der Waals surface area (Å²) in [6, 6.07) is 8.91. The number of benzene rings is 2. The molecule has 0 saturated heterocycles. The zero-order valence-corrected chi connectivity index (χ0v) is 17.5. The Morgan fingerprint density at radius 3 is 1.38 bits per heavy atom. The van der Waals surface area contributed by atoms with E-state index in [9.17, 15) is 31.1 Å². The zero-order valence-electron chi connectivity index (χ0n) is 17.5. The second-order valence-corrected chi connectivity index (χ2v) is 7.34. The molecule has 2 heterocycles. The topological polar surface area (TPSA) is 69.1 Å². The number of hydrogen-bond acceptors (Lipinski definition) is 5. The number of aromatic nitrogens is 2. The number of rotatable bonds is 4. The third-order valence-corrected chi connectivity index (χ3v) is 5.15. The molecule has 0 atom stereocenters. The number of halogens is 6. The molecule has 2 aromatic carbocycles. The quantitative estimate of drug-likeness (QED) is 0.235. The van der Waals surface area contributed by atoms with E-state index < -0.39 is 51.8 Å². The van der Waals surface area contributed by atoms with Crippen LogP contribution in [0.4, 0.5) is 26.3 Å². The van der Waals surface area contributed by atoms with E-state index >= 15 is 0 Å². The van der Waals surface area contributed by atoms with Gasteiger partial charge in [-0.05, 0) is 26.0 Å². The lowest BCUT2D eigenvalue weighted by molar-refractivity contribution is -0.137. The monoisotopic (exact) mass is 480 g/mol. The van der Waals surface area contributed by atoms with Gasteiger partial charge in [-0.2, -0.15) is 26.3 Å². The molecule has 0 aliphatic rings. The van der Waals surface area contributed by atoms with Crippen molar-refractivity contribution in [2.24, 2.45) is 0 Å². The van der Waals surface area contributed by atoms with E-state index in [0.29, 0.717) is 0 Å². The third kappa shape index (κ3) is 3.97. The first-order chi connectivity index (χ1) is 15.9. The molecule has 34 heavy (non-hydrogen) atoms. The molecule has 0 amide bonds. The van der Waals surface area contributed by atoms with Crippen molar-refractivity contribution >= 4 is 5.78 Å². The molecule has 0 spiro atoms. The largest absolute Gasteiger partial charge is 0.417 e. The van der Waals surface area contributed by atoms with Gasteiger partial charge in [-0.15, -0.1) is 0 Å². The van der Waals surface area contributed by atoms with Crippen LogP contribution in [0.2, 0.25) is 0 Å². The van der Waals surface area contributed by atoms with E-state index in [1.54, 1.807) is 0 Å². The second kappa shape index (κ2) is 8.15. The van der Waals surface area contributed by atoms with E-state index in [1.807, 2.05) is 0 Å². The highest BCUT2D eigenvalue weighted by Gasteiger charge is 2.39. The van der Waals surface area contributed by atoms with Crippen LogP contribution in [0.1, 0.15) is 38.6 Å². The van der Waals surface area contributed by atoms with Gasteiger partial charge in [0.25, 0.3) is 0 Å². The Morgan fingerprint density at radius 1 is 0.676 bits per heavy atom. The van der Waals surface area contributed by atoms with Gasteiger partial charge in [0.1, 0.15) is 22.9 Å². The molecule has 0 bridgehead atoms. The second-order valence-electron chi connectivity index (χ2n) is 7.34. The fourth-order valence-electron chi connectivity index (χ4n) is 3.65. The average Bonchev–Trinajstić information content (AvgIpc) is 3.34. The van der Waals surface area contributed by atoms with Crippen LogP contribution in [0.25, 0.3) is 22.5 Å². The maximum Gasteiger partial charge on any atom is 0.417 e. The molecule has 0 aliphatic carbocycles. The summed E-state index contributed by atoms with van der Waals surface area (Å²) >= 11 is 0. The Labute approximate surface area is 188 Å². The highest BCUT2D eigenvalue weighted by Crippen LogP contribution is 2.41. The van der Waals surface area contributed by atoms with Crippen molar-refractivity contribution in [3.63, 3.8) is 0 Å². The lowest BCUT2D eigenvalue weighted by Gasteiger charge is -2.13. The fourth-order valence-corrected chi connectivity index (χ4v) is 3.65. The Morgan fingerprint density at radius 2 is 1.03 bits per heavy atom. The Bertz CT molecular complexity index is 1280. The highest BCUT2D eigenvalue weighted by atomic mass is 19.4. The van der Waals surface area contributed by atoms with Crippen LogP contribution in [0.15, 0.2) is 57.6 Å². The predicted molar refractivity (Wildman–Crippen MR) is 107 cm³/mol. The van der Waals surface area contributed by atoms with Gasteiger partial charge in [-0.25, -0.2) is 0 Å². The number of carbonyl (C=O) groups is 1. The Hall–Kier alpha value is -3.89. The summed E-state index contributed by atoms with van der Waals surface area (Å²) < 4.78 is 91.5. The van der Waals surface area contributed by atoms with Crippen molar-refractivity contribution < 1.29 is 40.2 Å². The first kappa shape index (κ1) is 23.3. The molecule has 11 heteroatoms. The molecule has 176 valence electrons. The Kier molecular flexibility index (Phi) is 5.58. The summed E-state index contributed by atoms with van der Waals surface area (Å²) in [5.41, 5.74) is -4.41. The summed E-state index contributed by atoms with van der Waals surface area (Å²) in [7, 11) is 0. The number of aryl methyl sites for hydroxylation is 2. The van der Waals surface area contributed by atoms with E-state index in [2.05, 4.69) is 10.3 Å². The minimum absolute atomic E-state index is 0.118. The van der Waals surface area contributed by atoms with Gasteiger partial charge in [-0.1, -0.05) is 46.7 Å². The number of alkyl halides is 6. The summed E-state index contributed by atoms with van der Waals surface area (Å²) in [5.74, 6) is -1.17. The van der Waals surface area contributed by atoms with Gasteiger partial charge in [-0.3, -0.25) is 4.79 Å². The van der Waals surface area contributed by atoms with Gasteiger partial charge in [0, 0.05) is 11.1 Å². The first-order valence-electron chi connectivity index (χ1n) is 9.71. The molecular formula is C23H14F6N2O3. The van der Waals surface area contributed by atoms with Crippen LogP contribution in [-0.2, 0) is 12.4 Å². The van der Waals surface area contributed by atoms with Crippen molar-refractivity contribution in [3.05, 3.63) is 82.3 Å². The van der Waals surface area contributed by atoms with Crippen molar-refractivity contribution in [1.29, 1.82) is 0 Å². The van der Waals surface area contributed by atoms with Crippen molar-refractivity contribution in [2.75, 3.05) is 0 Å². The number of carbonyl (C=O) groups excluding carboxylic acids is 1. The van der Waals surface area contributed by atoms with Crippen LogP contribution >= 0.6 is 0 Å². The predicted octanol–water partition coefficient (Wildman–Crippen LogP) is 6.88. The molecule has 0 radical (unpaired) electrons. The molecule has 0 unspecified atom stereocenters. The van der Waals surface area contributed by atoms with E-state index in [0.717, 1.165) is 24.3 Å². The minimum atomic E-state index is -4.76. The van der Waals surface area contributed by atoms with Crippen LogP contribution in [0.5, 0.6) is 0 Å². The highest BCUT2D eigenvalue weighted by molar-refractivity contribution is 6.16. The number of ketones is 1. The summed E-state index contributed by atoms with van der Waals surface area (Å²) in [6.45, 7) is 2.62. The van der Waals surface area contributed by atoms with Crippen molar-refractivity contribution in [2.45, 2.75) is 26.2 Å². The molecule has 5 nitrogen and oxygen atoms in total. The van der Waals surface area contributed by atoms with Gasteiger partial charge < -0.3 is 9.05 Å². The maximum atomic E-state index is 13.6. The van der Waals surface area contributed by atoms with Gasteiger partial charge in [0.05, 0.1) is 22.3 Å². The fraction of sp³-hybridized carbons (Fsp3) is 0.174. The average molecular weight is 480 g/mol. The molecule has 0 fully saturated rings. The van der Waals surface area contributed by atoms with Crippen LogP contribution in [0, 0.1) is 13.8 Å². The lowest BCUT2D eigenvalue weighted by Crippen LogP contribution is -2.11. The van der Waals surface area contributed by atoms with Crippen molar-refractivity contribution in [1.82, 2.24) is 10.3 Å². The summed E-state index contributed by atoms with van der Waals surface area (Å²) in [5, 5.41) is 7.31. The third-order valence-electron chi connectivity index (χ3n) is 5.15. The van der Waals surface area contributed by atoms with Crippen LogP contribution < -0.4 is 0 Å². The van der Waals surface area contributed by atoms with Gasteiger partial charge >= 0.3 is 12.4 Å². The standard InChI is InChI=1S/C23H14F6N2O3/c1-11-17(19(30-33-11)13-7-3-5-9-15(13)22(24,25)26)21(32)18-12(2)34-31-20(18)14-8-4-6-10-16(14)23(27,28)29/h3-10H,1-2H3. The minimum Gasteiger partial charge on any atom is -0.360 e. The molecule has 0 N–H and O–H groups in total. The zero-order chi connectivity index (χ0) is 24.8. The summed E-state index contributed by atoms with van der Waals surface area (Å²) in [4.78, 5) is 13.6. The van der Waals surface area contributed by atoms with E-state index in [4.69, 9.17) is 9.05 Å². The molecular weight excluding hydrogens is 466 g/mol. The van der Waals surface area contributed by atoms with Gasteiger partial charge in [0.15, 0.2) is 0 Å². The lowest BCUT2D eigenvalue weighted by atomic mass is 9.92. The Balaban J connectivity index is 1.92. The molecule has 0 aliphatic heterocycles. The first-order valence-corrected chi connectivity index (χ1v) is 9.71. The SMILES string of the molecule is Cc1onc(-c2ccccc2C(F)(F)F)c1C(=O)c1c(-c2ccccc2C(F)(F)F)noc1C. The normalized spacial score (nSPS) is 12.2. The number of hydrogen-bond donors (Lipinski definition) is 0. The molecule has 4 aromatic rings. The van der Waals surface area contributed by atoms with E-state index in [1.165, 1.54) is 38.1 Å². The summed E-state index contributed by atoms with van der Waals surface area (Å²) in [6.07, 6.45) is -9.51. The molecule has 0 saturated carbocycles. The molecule has 2 aromatic heterocycles. The van der Waals surface area contributed by atoms with Crippen molar-refractivity contribution in [3.8, 4) is 22.5 Å². The molecule has 4 rings (SSSR count). The maximum absolute atomic E-state index is 13.6. The van der Waals surface area contributed by atoms with Crippen LogP contribution in [0.3, 0.4) is 0 Å². The number of nitrogens with zero attached hydrogens (tertiary/aromatic N) is 2. The van der Waals surface area contributed by atoms with Crippen LogP contribution in [-0.4, -0.2) is 16.1 Å². The van der Waals surface area contributed by atoms with E-state index in [-0.39, 0.29) is 22.6 Å². The smallest absolute Gasteiger partial charge is 0.360 e.